The van der Waals surface area contributed by atoms with Gasteiger partial charge in [-0.3, -0.25) is 0 Å². The Labute approximate surface area is 196 Å². The summed E-state index contributed by atoms with van der Waals surface area (Å²) in [6.45, 7) is 12.6. The molecule has 3 aliphatic rings. The van der Waals surface area contributed by atoms with Crippen molar-refractivity contribution >= 4 is 0 Å². The fourth-order valence-corrected chi connectivity index (χ4v) is 1.74. The van der Waals surface area contributed by atoms with E-state index in [1.165, 1.54) is 0 Å². The molecule has 0 bridgehead atoms. The molecule has 6 N–H and O–H groups in total. The standard InChI is InChI=1S/3C4H9NO.3ClHO4/c3*1-3-6-4-2-5-1;3*2-1(3,4)5/h3*5H,1-4H2;3*(H,2,3,4,5). The first kappa shape index (κ1) is 37.7. The van der Waals surface area contributed by atoms with Gasteiger partial charge in [-0.25, -0.2) is 55.9 Å². The Balaban J connectivity index is -0.000000329. The molecule has 3 rings (SSSR count). The maximum absolute atomic E-state index is 8.49. The number of morpholine rings is 3. The van der Waals surface area contributed by atoms with Gasteiger partial charge in [0, 0.05) is 0 Å². The van der Waals surface area contributed by atoms with E-state index in [2.05, 4.69) is 16.0 Å². The maximum atomic E-state index is 8.49. The van der Waals surface area contributed by atoms with Crippen LogP contribution in [0.2, 0.25) is 0 Å². The van der Waals surface area contributed by atoms with E-state index < -0.39 is 30.7 Å². The zero-order chi connectivity index (χ0) is 26.2. The highest BCUT2D eigenvalue weighted by atomic mass is 35.7. The number of quaternary nitrogens is 3. The number of hydrogen-bond acceptors (Lipinski definition) is 15. The summed E-state index contributed by atoms with van der Waals surface area (Å²) >= 11 is 0. The zero-order valence-corrected chi connectivity index (χ0v) is 19.7. The number of hydrogen-bond donors (Lipinski definition) is 3. The van der Waals surface area contributed by atoms with Crippen LogP contribution in [0.25, 0.3) is 0 Å². The van der Waals surface area contributed by atoms with Gasteiger partial charge in [-0.15, -0.1) is 30.7 Å². The van der Waals surface area contributed by atoms with Crippen molar-refractivity contribution in [3.63, 3.8) is 0 Å². The van der Waals surface area contributed by atoms with E-state index in [0.29, 0.717) is 0 Å². The van der Waals surface area contributed by atoms with Gasteiger partial charge in [0.1, 0.15) is 0 Å². The maximum Gasteiger partial charge on any atom is 0.0993 e. The van der Waals surface area contributed by atoms with Gasteiger partial charge in [-0.2, -0.15) is 0 Å². The Bertz CT molecular complexity index is 277. The first-order valence-corrected chi connectivity index (χ1v) is 12.7. The molecular formula is C12H30Cl3N3O15. The lowest BCUT2D eigenvalue weighted by atomic mass is 10.5. The second-order valence-corrected chi connectivity index (χ2v) is 7.84. The molecule has 0 unspecified atom stereocenters. The SMILES string of the molecule is C1COCC[NH2+]1.C1COCC[NH2+]1.C1COCC[NH2+]1.[O-][Cl+3]([O-])([O-])[O-].[O-][Cl+3]([O-])([O-])[O-].[O-][Cl+3]([O-])([O-])[O-]. The van der Waals surface area contributed by atoms with Gasteiger partial charge in [0.2, 0.25) is 0 Å². The average Bonchev–Trinajstić information content (AvgIpc) is 2.69. The van der Waals surface area contributed by atoms with Crippen LogP contribution in [0.4, 0.5) is 0 Å². The summed E-state index contributed by atoms with van der Waals surface area (Å²) in [6.07, 6.45) is 0. The smallest absolute Gasteiger partial charge is 0.0993 e. The topological polar surface area (TPSA) is 354 Å². The summed E-state index contributed by atoms with van der Waals surface area (Å²) in [7, 11) is -14.8. The molecular weight excluding hydrogens is 532 g/mol. The predicted octanol–water partition coefficient (Wildman–Crippen LogP) is -18.5. The molecule has 0 atom stereocenters. The highest BCUT2D eigenvalue weighted by Crippen LogP contribution is 1.70. The molecule has 3 fully saturated rings. The van der Waals surface area contributed by atoms with E-state index >= 15 is 0 Å². The largest absolute Gasteiger partial charge is 0.370 e. The van der Waals surface area contributed by atoms with Crippen molar-refractivity contribution in [1.82, 2.24) is 0 Å². The van der Waals surface area contributed by atoms with E-state index in [0.717, 1.165) is 78.9 Å². The summed E-state index contributed by atoms with van der Waals surface area (Å²) in [5.41, 5.74) is 0. The van der Waals surface area contributed by atoms with Crippen LogP contribution in [0.15, 0.2) is 0 Å². The fourth-order valence-electron chi connectivity index (χ4n) is 1.74. The monoisotopic (exact) mass is 561 g/mol. The molecule has 0 saturated carbocycles. The van der Waals surface area contributed by atoms with Crippen molar-refractivity contribution in [2.45, 2.75) is 0 Å². The number of halogens is 3. The first-order chi connectivity index (χ1) is 15.0. The molecule has 0 radical (unpaired) electrons. The second-order valence-electron chi connectivity index (χ2n) is 5.57. The third-order valence-electron chi connectivity index (χ3n) is 2.80. The molecule has 0 aromatic carbocycles. The van der Waals surface area contributed by atoms with Crippen molar-refractivity contribution in [3.8, 4) is 0 Å². The quantitative estimate of drug-likeness (QED) is 0.246. The van der Waals surface area contributed by atoms with Crippen molar-refractivity contribution < 1.29 is 117 Å². The van der Waals surface area contributed by atoms with E-state index in [1.807, 2.05) is 0 Å². The lowest BCUT2D eigenvalue weighted by Crippen LogP contribution is -2.87. The van der Waals surface area contributed by atoms with Crippen LogP contribution in [0.5, 0.6) is 0 Å². The van der Waals surface area contributed by atoms with Crippen molar-refractivity contribution in [2.75, 3.05) is 78.9 Å². The molecule has 0 amide bonds. The molecule has 0 spiro atoms. The number of rotatable bonds is 0. The Morgan fingerprint density at radius 3 is 0.485 bits per heavy atom. The van der Waals surface area contributed by atoms with Crippen LogP contribution in [0.1, 0.15) is 0 Å². The van der Waals surface area contributed by atoms with Gasteiger partial charge in [0.25, 0.3) is 0 Å². The summed E-state index contributed by atoms with van der Waals surface area (Å²) in [5, 5.41) is 6.80. The zero-order valence-electron chi connectivity index (χ0n) is 17.5. The normalized spacial score (nSPS) is 18.5. The fraction of sp³-hybridized carbons (Fsp3) is 1.00. The van der Waals surface area contributed by atoms with E-state index in [9.17, 15) is 0 Å². The lowest BCUT2D eigenvalue weighted by Gasteiger charge is -2.17. The molecule has 3 heterocycles. The minimum atomic E-state index is -4.94. The number of ether oxygens (including phenoxy) is 3. The Kier molecular flexibility index (Phi) is 27.3. The van der Waals surface area contributed by atoms with Crippen LogP contribution in [-0.2, 0) is 14.2 Å². The average molecular weight is 563 g/mol. The Morgan fingerprint density at radius 2 is 0.455 bits per heavy atom. The van der Waals surface area contributed by atoms with E-state index in [1.54, 1.807) is 0 Å². The van der Waals surface area contributed by atoms with Crippen LogP contribution < -0.4 is 71.9 Å². The molecule has 3 saturated heterocycles. The second kappa shape index (κ2) is 23.9. The molecule has 3 aliphatic heterocycles. The molecule has 18 nitrogen and oxygen atoms in total. The molecule has 0 aliphatic carbocycles. The highest BCUT2D eigenvalue weighted by molar-refractivity contribution is 4.31. The van der Waals surface area contributed by atoms with Gasteiger partial charge in [-0.1, -0.05) is 0 Å². The molecule has 0 aromatic rings. The summed E-state index contributed by atoms with van der Waals surface area (Å²) < 4.78 is 117. The molecule has 21 heteroatoms. The van der Waals surface area contributed by atoms with Crippen LogP contribution in [0, 0.1) is 30.7 Å². The van der Waals surface area contributed by atoms with Crippen LogP contribution >= 0.6 is 0 Å². The van der Waals surface area contributed by atoms with Gasteiger partial charge in [-0.05, 0) is 0 Å². The Hall–Kier alpha value is 0.150. The van der Waals surface area contributed by atoms with Crippen molar-refractivity contribution in [3.05, 3.63) is 0 Å². The van der Waals surface area contributed by atoms with Gasteiger partial charge < -0.3 is 30.2 Å². The molecule has 33 heavy (non-hydrogen) atoms. The minimum absolute atomic E-state index is 0.944. The molecule has 204 valence electrons. The summed E-state index contributed by atoms with van der Waals surface area (Å²) in [4.78, 5) is 0. The first-order valence-electron chi connectivity index (χ1n) is 9.03. The minimum Gasteiger partial charge on any atom is -0.370 e. The predicted molar refractivity (Wildman–Crippen MR) is 67.4 cm³/mol. The van der Waals surface area contributed by atoms with Crippen molar-refractivity contribution in [1.29, 1.82) is 0 Å². The Morgan fingerprint density at radius 1 is 0.333 bits per heavy atom. The van der Waals surface area contributed by atoms with Gasteiger partial charge in [0.05, 0.1) is 78.9 Å². The van der Waals surface area contributed by atoms with Crippen LogP contribution in [0.3, 0.4) is 0 Å². The van der Waals surface area contributed by atoms with Crippen LogP contribution in [-0.4, -0.2) is 78.9 Å². The van der Waals surface area contributed by atoms with E-state index in [4.69, 9.17) is 70.1 Å². The lowest BCUT2D eigenvalue weighted by molar-refractivity contribution is -2.00. The van der Waals surface area contributed by atoms with Crippen molar-refractivity contribution in [2.24, 2.45) is 0 Å². The van der Waals surface area contributed by atoms with E-state index in [-0.39, 0.29) is 0 Å². The number of nitrogens with two attached hydrogens (primary N) is 3. The third-order valence-corrected chi connectivity index (χ3v) is 2.80. The summed E-state index contributed by atoms with van der Waals surface area (Å²) in [6, 6.07) is 0. The third kappa shape index (κ3) is 88.7. The van der Waals surface area contributed by atoms with Gasteiger partial charge in [0.15, 0.2) is 0 Å². The highest BCUT2D eigenvalue weighted by Gasteiger charge is 1.98. The molecule has 0 aromatic heterocycles. The van der Waals surface area contributed by atoms with Gasteiger partial charge >= 0.3 is 0 Å². The summed E-state index contributed by atoms with van der Waals surface area (Å²) in [5.74, 6) is 0.